The van der Waals surface area contributed by atoms with Crippen LogP contribution >= 0.6 is 0 Å². The average molecular weight is 453 g/mol. The van der Waals surface area contributed by atoms with Crippen LogP contribution in [0.5, 0.6) is 11.5 Å². The molecule has 1 fully saturated rings. The molecule has 33 heavy (non-hydrogen) atoms. The average Bonchev–Trinajstić information content (AvgIpc) is 3.18. The highest BCUT2D eigenvalue weighted by atomic mass is 16.5. The fourth-order valence-electron chi connectivity index (χ4n) is 4.82. The van der Waals surface area contributed by atoms with Crippen molar-refractivity contribution in [2.24, 2.45) is 5.73 Å². The van der Waals surface area contributed by atoms with Crippen LogP contribution in [0.2, 0.25) is 0 Å². The minimum Gasteiger partial charge on any atom is -0.493 e. The maximum Gasteiger partial charge on any atom is 0.255 e. The van der Waals surface area contributed by atoms with Crippen LogP contribution in [0.3, 0.4) is 0 Å². The highest BCUT2D eigenvalue weighted by molar-refractivity contribution is 6.00. The standard InChI is InChI=1S/C25H32N4O4/c1-32-22-10-9-17(15-23(22)33-2)20(6-4-8-24(26)30)29-16-19-18(25(29)31)5-3-7-21(19)28-13-11-27-12-14-28/h3,5,7,9-10,15,20,27H,4,6,8,11-14,16H2,1-2H3,(H2,26,30)/t20-/m1/s1. The number of carbonyl (C=O) groups is 2. The number of nitrogens with two attached hydrogens (primary N) is 1. The molecular weight excluding hydrogens is 420 g/mol. The van der Waals surface area contributed by atoms with Crippen LogP contribution < -0.4 is 25.4 Å². The predicted octanol–water partition coefficient (Wildman–Crippen LogP) is 2.47. The number of ether oxygens (including phenoxy) is 2. The fraction of sp³-hybridized carbons (Fsp3) is 0.440. The van der Waals surface area contributed by atoms with Crippen molar-refractivity contribution < 1.29 is 19.1 Å². The number of hydrogen-bond acceptors (Lipinski definition) is 6. The second kappa shape index (κ2) is 10.1. The molecular formula is C25H32N4O4. The van der Waals surface area contributed by atoms with Crippen molar-refractivity contribution in [2.45, 2.75) is 31.8 Å². The highest BCUT2D eigenvalue weighted by Gasteiger charge is 2.36. The maximum atomic E-state index is 13.6. The van der Waals surface area contributed by atoms with Gasteiger partial charge in [0.2, 0.25) is 5.91 Å². The first-order valence-corrected chi connectivity index (χ1v) is 11.4. The Kier molecular flexibility index (Phi) is 7.03. The maximum absolute atomic E-state index is 13.6. The molecule has 4 rings (SSSR count). The summed E-state index contributed by atoms with van der Waals surface area (Å²) in [5.41, 5.74) is 9.29. The number of anilines is 1. The molecule has 176 valence electrons. The van der Waals surface area contributed by atoms with Gasteiger partial charge in [0.1, 0.15) is 0 Å². The molecule has 2 aliphatic heterocycles. The van der Waals surface area contributed by atoms with Crippen molar-refractivity contribution >= 4 is 17.5 Å². The van der Waals surface area contributed by atoms with Gasteiger partial charge in [0.15, 0.2) is 11.5 Å². The number of amides is 2. The topological polar surface area (TPSA) is 97.1 Å². The number of benzene rings is 2. The summed E-state index contributed by atoms with van der Waals surface area (Å²) in [6.07, 6.45) is 1.50. The van der Waals surface area contributed by atoms with Crippen LogP contribution in [0.15, 0.2) is 36.4 Å². The molecule has 0 spiro atoms. The Labute approximate surface area is 194 Å². The van der Waals surface area contributed by atoms with E-state index in [1.54, 1.807) is 14.2 Å². The van der Waals surface area contributed by atoms with Crippen molar-refractivity contribution in [3.05, 3.63) is 53.1 Å². The van der Waals surface area contributed by atoms with Crippen molar-refractivity contribution in [3.63, 3.8) is 0 Å². The molecule has 0 aliphatic carbocycles. The molecule has 2 amide bonds. The Morgan fingerprint density at radius 2 is 1.88 bits per heavy atom. The molecule has 0 aromatic heterocycles. The van der Waals surface area contributed by atoms with Crippen LogP contribution in [0.4, 0.5) is 5.69 Å². The number of primary amides is 1. The summed E-state index contributed by atoms with van der Waals surface area (Å²) < 4.78 is 10.9. The minimum absolute atomic E-state index is 0.0147. The molecule has 2 heterocycles. The lowest BCUT2D eigenvalue weighted by atomic mass is 9.98. The van der Waals surface area contributed by atoms with Gasteiger partial charge in [-0.25, -0.2) is 0 Å². The van der Waals surface area contributed by atoms with Crippen LogP contribution in [0.25, 0.3) is 0 Å². The number of nitrogens with zero attached hydrogens (tertiary/aromatic N) is 2. The third-order valence-electron chi connectivity index (χ3n) is 6.50. The summed E-state index contributed by atoms with van der Waals surface area (Å²) >= 11 is 0. The Balaban J connectivity index is 1.66. The van der Waals surface area contributed by atoms with Crippen LogP contribution in [0, 0.1) is 0 Å². The van der Waals surface area contributed by atoms with E-state index in [-0.39, 0.29) is 24.3 Å². The lowest BCUT2D eigenvalue weighted by Gasteiger charge is -2.31. The summed E-state index contributed by atoms with van der Waals surface area (Å²) in [7, 11) is 3.19. The second-order valence-electron chi connectivity index (χ2n) is 8.46. The molecule has 1 atom stereocenters. The molecule has 0 bridgehead atoms. The molecule has 0 radical (unpaired) electrons. The van der Waals surface area contributed by atoms with Gasteiger partial charge < -0.3 is 30.3 Å². The van der Waals surface area contributed by atoms with Gasteiger partial charge in [-0.1, -0.05) is 12.1 Å². The monoisotopic (exact) mass is 452 g/mol. The van der Waals surface area contributed by atoms with Crippen LogP contribution in [-0.2, 0) is 11.3 Å². The van der Waals surface area contributed by atoms with Gasteiger partial charge in [-0.15, -0.1) is 0 Å². The quantitative estimate of drug-likeness (QED) is 0.607. The normalized spacial score (nSPS) is 16.5. The molecule has 2 aliphatic rings. The predicted molar refractivity (Wildman–Crippen MR) is 127 cm³/mol. The summed E-state index contributed by atoms with van der Waals surface area (Å²) in [5.74, 6) is 0.925. The molecule has 1 saturated heterocycles. The Hall–Kier alpha value is -3.26. The van der Waals surface area contributed by atoms with E-state index in [9.17, 15) is 9.59 Å². The van der Waals surface area contributed by atoms with Crippen molar-refractivity contribution in [1.29, 1.82) is 0 Å². The molecule has 2 aromatic rings. The van der Waals surface area contributed by atoms with Gasteiger partial charge in [-0.2, -0.15) is 0 Å². The molecule has 0 saturated carbocycles. The van der Waals surface area contributed by atoms with Gasteiger partial charge in [-0.3, -0.25) is 9.59 Å². The van der Waals surface area contributed by atoms with Crippen molar-refractivity contribution in [2.75, 3.05) is 45.3 Å². The second-order valence-corrected chi connectivity index (χ2v) is 8.46. The largest absolute Gasteiger partial charge is 0.493 e. The number of hydrogen-bond donors (Lipinski definition) is 2. The molecule has 8 nitrogen and oxygen atoms in total. The molecule has 8 heteroatoms. The lowest BCUT2D eigenvalue weighted by Crippen LogP contribution is -2.43. The van der Waals surface area contributed by atoms with E-state index in [0.717, 1.165) is 48.6 Å². The molecule has 3 N–H and O–H groups in total. The van der Waals surface area contributed by atoms with Gasteiger partial charge >= 0.3 is 0 Å². The number of rotatable bonds is 9. The highest BCUT2D eigenvalue weighted by Crippen LogP contribution is 2.40. The first-order chi connectivity index (χ1) is 16.0. The lowest BCUT2D eigenvalue weighted by molar-refractivity contribution is -0.118. The Bertz CT molecular complexity index is 1020. The minimum atomic E-state index is -0.335. The van der Waals surface area contributed by atoms with Gasteiger partial charge in [0.25, 0.3) is 5.91 Å². The first-order valence-electron chi connectivity index (χ1n) is 11.4. The van der Waals surface area contributed by atoms with Crippen LogP contribution in [-0.4, -0.2) is 57.1 Å². The summed E-state index contributed by atoms with van der Waals surface area (Å²) in [4.78, 5) is 29.2. The zero-order chi connectivity index (χ0) is 23.4. The SMILES string of the molecule is COc1ccc([C@@H](CCCC(N)=O)N2Cc3c(cccc3N3CCNCC3)C2=O)cc1OC. The number of methoxy groups -OCH3 is 2. The molecule has 2 aromatic carbocycles. The van der Waals surface area contributed by atoms with Crippen LogP contribution in [0.1, 0.15) is 46.8 Å². The number of piperazine rings is 1. The fourth-order valence-corrected chi connectivity index (χ4v) is 4.82. The summed E-state index contributed by atoms with van der Waals surface area (Å²) in [5, 5.41) is 3.38. The number of fused-ring (bicyclic) bond motifs is 1. The number of nitrogens with one attached hydrogen (secondary N) is 1. The smallest absolute Gasteiger partial charge is 0.255 e. The van der Waals surface area contributed by atoms with E-state index < -0.39 is 0 Å². The zero-order valence-corrected chi connectivity index (χ0v) is 19.3. The Morgan fingerprint density at radius 3 is 2.58 bits per heavy atom. The Morgan fingerprint density at radius 1 is 1.12 bits per heavy atom. The van der Waals surface area contributed by atoms with Gasteiger partial charge in [0.05, 0.1) is 20.3 Å². The molecule has 0 unspecified atom stereocenters. The van der Waals surface area contributed by atoms with Gasteiger partial charge in [0, 0.05) is 56.0 Å². The number of carbonyl (C=O) groups excluding carboxylic acids is 2. The van der Waals surface area contributed by atoms with E-state index in [0.29, 0.717) is 30.9 Å². The van der Waals surface area contributed by atoms with E-state index in [1.807, 2.05) is 35.2 Å². The van der Waals surface area contributed by atoms with E-state index in [4.69, 9.17) is 15.2 Å². The summed E-state index contributed by atoms with van der Waals surface area (Å²) in [6.45, 7) is 4.24. The summed E-state index contributed by atoms with van der Waals surface area (Å²) in [6, 6.07) is 11.5. The zero-order valence-electron chi connectivity index (χ0n) is 19.3. The van der Waals surface area contributed by atoms with Crippen molar-refractivity contribution in [3.8, 4) is 11.5 Å². The first kappa shape index (κ1) is 22.9. The van der Waals surface area contributed by atoms with Gasteiger partial charge in [-0.05, 0) is 42.7 Å². The van der Waals surface area contributed by atoms with E-state index in [2.05, 4.69) is 16.3 Å². The van der Waals surface area contributed by atoms with Crippen molar-refractivity contribution in [1.82, 2.24) is 10.2 Å². The van der Waals surface area contributed by atoms with E-state index in [1.165, 1.54) is 0 Å². The third-order valence-corrected chi connectivity index (χ3v) is 6.50. The van der Waals surface area contributed by atoms with E-state index >= 15 is 0 Å². The third kappa shape index (κ3) is 4.75.